The number of hydroxylamine groups is 1. The van der Waals surface area contributed by atoms with Crippen LogP contribution in [0.15, 0.2) is 24.3 Å². The van der Waals surface area contributed by atoms with E-state index in [1.54, 1.807) is 26.0 Å². The van der Waals surface area contributed by atoms with E-state index < -0.39 is 7.60 Å². The second-order valence-electron chi connectivity index (χ2n) is 4.43. The molecule has 9 heteroatoms. The number of ether oxygens (including phenoxy) is 1. The molecule has 22 heavy (non-hydrogen) atoms. The van der Waals surface area contributed by atoms with Gasteiger partial charge in [0.15, 0.2) is 6.35 Å². The van der Waals surface area contributed by atoms with Crippen LogP contribution in [0.5, 0.6) is 5.75 Å². The second-order valence-corrected chi connectivity index (χ2v) is 6.43. The maximum absolute atomic E-state index is 12.3. The lowest BCUT2D eigenvalue weighted by Crippen LogP contribution is -2.23. The van der Waals surface area contributed by atoms with Gasteiger partial charge in [0, 0.05) is 6.04 Å². The largest absolute Gasteiger partial charge is 0.481 e. The van der Waals surface area contributed by atoms with E-state index in [-0.39, 0.29) is 12.4 Å². The highest BCUT2D eigenvalue weighted by Crippen LogP contribution is 2.47. The van der Waals surface area contributed by atoms with Crippen LogP contribution in [-0.2, 0) is 18.4 Å². The molecule has 1 rings (SSSR count). The normalized spacial score (nSPS) is 13.3. The van der Waals surface area contributed by atoms with E-state index in [9.17, 15) is 4.57 Å². The molecule has 1 unspecified atom stereocenters. The Kier molecular flexibility index (Phi) is 8.21. The molecule has 0 saturated heterocycles. The van der Waals surface area contributed by atoms with E-state index in [4.69, 9.17) is 29.8 Å². The molecule has 0 heterocycles. The predicted octanol–water partition coefficient (Wildman–Crippen LogP) is 2.75. The SMILES string of the molecule is [B]ON([B])C(C)c1ccc(OCP(=O)(OCC)OCC)cc1. The second kappa shape index (κ2) is 9.38. The first-order chi connectivity index (χ1) is 10.5. The topological polar surface area (TPSA) is 57.2 Å². The summed E-state index contributed by atoms with van der Waals surface area (Å²) in [7, 11) is 7.34. The van der Waals surface area contributed by atoms with Crippen molar-refractivity contribution in [3.8, 4) is 5.75 Å². The van der Waals surface area contributed by atoms with Crippen molar-refractivity contribution in [3.63, 3.8) is 0 Å². The molecule has 1 aromatic carbocycles. The quantitative estimate of drug-likeness (QED) is 0.375. The number of rotatable bonds is 10. The molecule has 1 aromatic rings. The van der Waals surface area contributed by atoms with Crippen molar-refractivity contribution in [2.45, 2.75) is 26.8 Å². The van der Waals surface area contributed by atoms with Crippen LogP contribution in [-0.4, -0.2) is 40.6 Å². The molecule has 0 amide bonds. The van der Waals surface area contributed by atoms with Crippen molar-refractivity contribution < 1.29 is 23.1 Å². The lowest BCUT2D eigenvalue weighted by Gasteiger charge is -2.24. The van der Waals surface area contributed by atoms with Gasteiger partial charge in [-0.3, -0.25) is 9.54 Å². The summed E-state index contributed by atoms with van der Waals surface area (Å²) in [6, 6.07) is 6.87. The first-order valence-corrected chi connectivity index (χ1v) is 8.70. The van der Waals surface area contributed by atoms with Crippen LogP contribution in [0.3, 0.4) is 0 Å². The van der Waals surface area contributed by atoms with Gasteiger partial charge in [-0.15, -0.1) is 0 Å². The van der Waals surface area contributed by atoms with Crippen LogP contribution in [0, 0.1) is 0 Å². The van der Waals surface area contributed by atoms with Crippen LogP contribution in [0.25, 0.3) is 0 Å². The maximum atomic E-state index is 12.3. The Bertz CT molecular complexity index is 478. The molecule has 1 atom stereocenters. The number of hydrogen-bond acceptors (Lipinski definition) is 6. The summed E-state index contributed by atoms with van der Waals surface area (Å²) in [6.07, 6.45) is -0.140. The van der Waals surface area contributed by atoms with Gasteiger partial charge in [-0.25, -0.2) is 0 Å². The highest BCUT2D eigenvalue weighted by molar-refractivity contribution is 7.53. The average Bonchev–Trinajstić information content (AvgIpc) is 2.52. The Balaban J connectivity index is 2.66. The minimum absolute atomic E-state index is 0.140. The van der Waals surface area contributed by atoms with E-state index in [2.05, 4.69) is 4.76 Å². The molecule has 118 valence electrons. The molecule has 0 bridgehead atoms. The number of benzene rings is 1. The van der Waals surface area contributed by atoms with Crippen molar-refractivity contribution in [1.82, 2.24) is 4.97 Å². The van der Waals surface area contributed by atoms with Crippen molar-refractivity contribution in [2.75, 3.05) is 19.6 Å². The van der Waals surface area contributed by atoms with Crippen LogP contribution >= 0.6 is 7.60 Å². The Hall–Kier alpha value is -0.780. The molecule has 0 N–H and O–H groups in total. The Labute approximate surface area is 134 Å². The lowest BCUT2D eigenvalue weighted by atomic mass is 10.1. The van der Waals surface area contributed by atoms with Crippen LogP contribution in [0.2, 0.25) is 0 Å². The molecule has 6 nitrogen and oxygen atoms in total. The van der Waals surface area contributed by atoms with Crippen LogP contribution < -0.4 is 4.74 Å². The zero-order chi connectivity index (χ0) is 16.6. The molecule has 0 fully saturated rings. The van der Waals surface area contributed by atoms with Crippen molar-refractivity contribution >= 4 is 23.6 Å². The molecular formula is C13H20B2NO5P. The predicted molar refractivity (Wildman–Crippen MR) is 85.6 cm³/mol. The molecule has 0 aliphatic carbocycles. The van der Waals surface area contributed by atoms with E-state index in [0.717, 1.165) is 10.5 Å². The fraction of sp³-hybridized carbons (Fsp3) is 0.538. The van der Waals surface area contributed by atoms with Crippen molar-refractivity contribution in [2.24, 2.45) is 0 Å². The van der Waals surface area contributed by atoms with Gasteiger partial charge in [0.1, 0.15) is 5.75 Å². The Morgan fingerprint density at radius 3 is 2.18 bits per heavy atom. The first-order valence-electron chi connectivity index (χ1n) is 6.97. The third-order valence-electron chi connectivity index (χ3n) is 2.91. The summed E-state index contributed by atoms with van der Waals surface area (Å²) in [5.41, 5.74) is 0.887. The lowest BCUT2D eigenvalue weighted by molar-refractivity contribution is 0.0118. The smallest absolute Gasteiger partial charge is 0.367 e. The van der Waals surface area contributed by atoms with Gasteiger partial charge in [0.25, 0.3) is 0 Å². The van der Waals surface area contributed by atoms with Crippen LogP contribution in [0.1, 0.15) is 32.4 Å². The Morgan fingerprint density at radius 2 is 1.73 bits per heavy atom. The molecule has 0 aromatic heterocycles. The average molecular weight is 323 g/mol. The third kappa shape index (κ3) is 5.78. The summed E-state index contributed by atoms with van der Waals surface area (Å²) >= 11 is 0. The van der Waals surface area contributed by atoms with Gasteiger partial charge in [0.05, 0.1) is 13.2 Å². The zero-order valence-electron chi connectivity index (χ0n) is 13.1. The molecular weight excluding hydrogens is 303 g/mol. The molecule has 0 aliphatic heterocycles. The van der Waals surface area contributed by atoms with Gasteiger partial charge in [0.2, 0.25) is 7.98 Å². The van der Waals surface area contributed by atoms with Gasteiger partial charge in [-0.05, 0) is 38.5 Å². The number of hydrogen-bond donors (Lipinski definition) is 0. The molecule has 4 radical (unpaired) electrons. The van der Waals surface area contributed by atoms with E-state index in [1.807, 2.05) is 19.1 Å². The highest BCUT2D eigenvalue weighted by atomic mass is 31.2. The standard InChI is InChI=1S/C13H20B2NO5P/c1-4-19-22(17,20-5-2)10-18-13-8-6-12(7-9-13)11(3)16(14)21-15/h6-9,11H,4-5,10H2,1-3H3. The zero-order valence-corrected chi connectivity index (χ0v) is 14.0. The van der Waals surface area contributed by atoms with E-state index in [0.29, 0.717) is 19.0 Å². The van der Waals surface area contributed by atoms with Gasteiger partial charge >= 0.3 is 15.6 Å². The molecule has 0 saturated carbocycles. The first kappa shape index (κ1) is 19.3. The minimum Gasteiger partial charge on any atom is -0.481 e. The van der Waals surface area contributed by atoms with E-state index in [1.165, 1.54) is 0 Å². The fourth-order valence-electron chi connectivity index (χ4n) is 1.74. The highest BCUT2D eigenvalue weighted by Gasteiger charge is 2.24. The fourth-order valence-corrected chi connectivity index (χ4v) is 3.06. The summed E-state index contributed by atoms with van der Waals surface area (Å²) < 4.78 is 32.5. The summed E-state index contributed by atoms with van der Waals surface area (Å²) in [6.45, 7) is 5.92. The summed E-state index contributed by atoms with van der Waals surface area (Å²) in [5, 5.41) is 0. The van der Waals surface area contributed by atoms with Crippen molar-refractivity contribution in [3.05, 3.63) is 29.8 Å². The maximum Gasteiger partial charge on any atom is 0.367 e. The van der Waals surface area contributed by atoms with Crippen LogP contribution in [0.4, 0.5) is 0 Å². The van der Waals surface area contributed by atoms with Gasteiger partial charge in [-0.2, -0.15) is 0 Å². The van der Waals surface area contributed by atoms with Crippen molar-refractivity contribution in [1.29, 1.82) is 0 Å². The number of nitrogens with zero attached hydrogens (tertiary/aromatic N) is 1. The summed E-state index contributed by atoms with van der Waals surface area (Å²) in [5.74, 6) is 0.549. The summed E-state index contributed by atoms with van der Waals surface area (Å²) in [4.78, 5) is 1.04. The minimum atomic E-state index is -3.22. The molecule has 0 aliphatic rings. The van der Waals surface area contributed by atoms with Gasteiger partial charge in [-0.1, -0.05) is 12.1 Å². The third-order valence-corrected chi connectivity index (χ3v) is 4.66. The Morgan fingerprint density at radius 1 is 1.18 bits per heavy atom. The van der Waals surface area contributed by atoms with E-state index >= 15 is 0 Å². The van der Waals surface area contributed by atoms with Gasteiger partial charge < -0.3 is 18.5 Å². The monoisotopic (exact) mass is 323 g/mol. The molecule has 0 spiro atoms.